The predicted octanol–water partition coefficient (Wildman–Crippen LogP) is 3.51. The highest BCUT2D eigenvalue weighted by atomic mass is 19.4. The van der Waals surface area contributed by atoms with Gasteiger partial charge in [-0.05, 0) is 31.5 Å². The molecule has 2 atom stereocenters. The van der Waals surface area contributed by atoms with E-state index in [0.29, 0.717) is 12.5 Å². The molecule has 25 heavy (non-hydrogen) atoms. The zero-order chi connectivity index (χ0) is 19.5. The third-order valence-electron chi connectivity index (χ3n) is 3.25. The van der Waals surface area contributed by atoms with E-state index < -0.39 is 42.9 Å². The summed E-state index contributed by atoms with van der Waals surface area (Å²) in [6.45, 7) is 0.414. The Labute approximate surface area is 139 Å². The van der Waals surface area contributed by atoms with Crippen molar-refractivity contribution in [2.24, 2.45) is 0 Å². The Morgan fingerprint density at radius 1 is 1.24 bits per heavy atom. The van der Waals surface area contributed by atoms with Crippen molar-refractivity contribution in [3.63, 3.8) is 0 Å². The molecule has 0 radical (unpaired) electrons. The molecule has 0 aliphatic carbocycles. The van der Waals surface area contributed by atoms with Crippen molar-refractivity contribution in [3.8, 4) is 5.75 Å². The van der Waals surface area contributed by atoms with Crippen LogP contribution in [0.2, 0.25) is 0 Å². The van der Waals surface area contributed by atoms with Crippen LogP contribution in [0.25, 0.3) is 0 Å². The molecule has 0 unspecified atom stereocenters. The summed E-state index contributed by atoms with van der Waals surface area (Å²) in [7, 11) is 0. The van der Waals surface area contributed by atoms with Gasteiger partial charge in [-0.25, -0.2) is 0 Å². The van der Waals surface area contributed by atoms with Gasteiger partial charge in [0.2, 0.25) is 5.91 Å². The maximum Gasteiger partial charge on any atom is 0.422 e. The number of carbonyl (C=O) groups excluding carboxylic acids is 1. The standard InChI is InChI=1S/C15H17F6NO3/c1-9(22-12(23)7-13(2,24)15(19,20)21)10-4-3-5-11(6-10)25-8-14(16,17)18/h3-6,9,24H,7-8H2,1-2H3,(H,22,23)/t9-,13-/m0/s1. The third kappa shape index (κ3) is 6.81. The van der Waals surface area contributed by atoms with E-state index in [0.717, 1.165) is 0 Å². The number of ether oxygens (including phenoxy) is 1. The number of halogens is 6. The summed E-state index contributed by atoms with van der Waals surface area (Å²) in [5, 5.41) is 11.5. The first-order valence-electron chi connectivity index (χ1n) is 7.09. The van der Waals surface area contributed by atoms with Gasteiger partial charge in [-0.15, -0.1) is 0 Å². The van der Waals surface area contributed by atoms with Crippen LogP contribution in [0.1, 0.15) is 31.9 Å². The molecule has 1 aromatic rings. The highest BCUT2D eigenvalue weighted by molar-refractivity contribution is 5.77. The van der Waals surface area contributed by atoms with Gasteiger partial charge >= 0.3 is 12.4 Å². The van der Waals surface area contributed by atoms with Gasteiger partial charge in [-0.1, -0.05) is 12.1 Å². The number of hydrogen-bond acceptors (Lipinski definition) is 3. The van der Waals surface area contributed by atoms with Crippen molar-refractivity contribution in [1.82, 2.24) is 5.32 Å². The maximum atomic E-state index is 12.5. The van der Waals surface area contributed by atoms with Crippen molar-refractivity contribution in [2.75, 3.05) is 6.61 Å². The summed E-state index contributed by atoms with van der Waals surface area (Å²) in [6.07, 6.45) is -10.7. The van der Waals surface area contributed by atoms with E-state index in [1.54, 1.807) is 0 Å². The van der Waals surface area contributed by atoms with Crippen LogP contribution in [0.3, 0.4) is 0 Å². The number of nitrogens with one attached hydrogen (secondary N) is 1. The summed E-state index contributed by atoms with van der Waals surface area (Å²) in [6, 6.07) is 4.56. The lowest BCUT2D eigenvalue weighted by atomic mass is 10.0. The number of aliphatic hydroxyl groups is 1. The van der Waals surface area contributed by atoms with Crippen molar-refractivity contribution < 1.29 is 41.0 Å². The van der Waals surface area contributed by atoms with E-state index in [2.05, 4.69) is 10.1 Å². The molecule has 0 bridgehead atoms. The number of benzene rings is 1. The fourth-order valence-electron chi connectivity index (χ4n) is 1.83. The van der Waals surface area contributed by atoms with E-state index in [1.807, 2.05) is 0 Å². The van der Waals surface area contributed by atoms with Crippen LogP contribution in [0.5, 0.6) is 5.75 Å². The Balaban J connectivity index is 2.71. The molecular weight excluding hydrogens is 356 g/mol. The maximum absolute atomic E-state index is 12.5. The van der Waals surface area contributed by atoms with Crippen LogP contribution >= 0.6 is 0 Å². The van der Waals surface area contributed by atoms with Crippen LogP contribution in [0.4, 0.5) is 26.3 Å². The molecule has 1 amide bonds. The summed E-state index contributed by atoms with van der Waals surface area (Å²) in [5.41, 5.74) is -2.85. The van der Waals surface area contributed by atoms with E-state index >= 15 is 0 Å². The highest BCUT2D eigenvalue weighted by Crippen LogP contribution is 2.32. The SMILES string of the molecule is C[C@H](NC(=O)C[C@](C)(O)C(F)(F)F)c1cccc(OCC(F)(F)F)c1. The minimum absolute atomic E-state index is 0.0989. The molecule has 2 N–H and O–H groups in total. The lowest BCUT2D eigenvalue weighted by Crippen LogP contribution is -2.46. The molecule has 0 aliphatic heterocycles. The third-order valence-corrected chi connectivity index (χ3v) is 3.25. The molecule has 0 fully saturated rings. The van der Waals surface area contributed by atoms with Gasteiger partial charge in [0.1, 0.15) is 5.75 Å². The zero-order valence-corrected chi connectivity index (χ0v) is 13.3. The highest BCUT2D eigenvalue weighted by Gasteiger charge is 2.51. The molecule has 10 heteroatoms. The number of amides is 1. The van der Waals surface area contributed by atoms with Gasteiger partial charge in [-0.3, -0.25) is 4.79 Å². The molecular formula is C15H17F6NO3. The van der Waals surface area contributed by atoms with E-state index in [-0.39, 0.29) is 5.75 Å². The fourth-order valence-corrected chi connectivity index (χ4v) is 1.83. The van der Waals surface area contributed by atoms with Gasteiger partial charge in [0.05, 0.1) is 12.5 Å². The number of hydrogen-bond donors (Lipinski definition) is 2. The van der Waals surface area contributed by atoms with E-state index in [1.165, 1.54) is 31.2 Å². The molecule has 0 saturated carbocycles. The average molecular weight is 373 g/mol. The lowest BCUT2D eigenvalue weighted by molar-refractivity contribution is -0.253. The Morgan fingerprint density at radius 2 is 1.84 bits per heavy atom. The van der Waals surface area contributed by atoms with Gasteiger partial charge < -0.3 is 15.2 Å². The predicted molar refractivity (Wildman–Crippen MR) is 75.8 cm³/mol. The average Bonchev–Trinajstić information content (AvgIpc) is 2.42. The van der Waals surface area contributed by atoms with Crippen LogP contribution in [0.15, 0.2) is 24.3 Å². The Hall–Kier alpha value is -1.97. The van der Waals surface area contributed by atoms with Gasteiger partial charge in [0.15, 0.2) is 12.2 Å². The largest absolute Gasteiger partial charge is 0.484 e. The summed E-state index contributed by atoms with van der Waals surface area (Å²) < 4.78 is 78.6. The summed E-state index contributed by atoms with van der Waals surface area (Å²) in [5.74, 6) is -1.16. The van der Waals surface area contributed by atoms with Crippen molar-refractivity contribution in [1.29, 1.82) is 0 Å². The number of rotatable bonds is 6. The first-order valence-corrected chi connectivity index (χ1v) is 7.09. The Bertz CT molecular complexity index is 598. The van der Waals surface area contributed by atoms with Gasteiger partial charge in [0, 0.05) is 0 Å². The smallest absolute Gasteiger partial charge is 0.422 e. The van der Waals surface area contributed by atoms with Crippen LogP contribution < -0.4 is 10.1 Å². The van der Waals surface area contributed by atoms with Gasteiger partial charge in [0.25, 0.3) is 0 Å². The van der Waals surface area contributed by atoms with Gasteiger partial charge in [-0.2, -0.15) is 26.3 Å². The minimum atomic E-state index is -4.97. The lowest BCUT2D eigenvalue weighted by Gasteiger charge is -2.26. The second-order valence-corrected chi connectivity index (χ2v) is 5.71. The Morgan fingerprint density at radius 3 is 2.36 bits per heavy atom. The molecule has 1 aromatic carbocycles. The summed E-state index contributed by atoms with van der Waals surface area (Å²) >= 11 is 0. The second kappa shape index (κ2) is 7.51. The van der Waals surface area contributed by atoms with Crippen LogP contribution in [-0.2, 0) is 4.79 Å². The zero-order valence-electron chi connectivity index (χ0n) is 13.3. The molecule has 142 valence electrons. The topological polar surface area (TPSA) is 58.6 Å². The monoisotopic (exact) mass is 373 g/mol. The molecule has 4 nitrogen and oxygen atoms in total. The molecule has 0 spiro atoms. The van der Waals surface area contributed by atoms with E-state index in [9.17, 15) is 36.2 Å². The number of alkyl halides is 6. The van der Waals surface area contributed by atoms with Crippen molar-refractivity contribution in [3.05, 3.63) is 29.8 Å². The molecule has 0 aromatic heterocycles. The van der Waals surface area contributed by atoms with Crippen molar-refractivity contribution >= 4 is 5.91 Å². The molecule has 0 aliphatic rings. The Kier molecular flexibility index (Phi) is 6.33. The molecule has 0 saturated heterocycles. The fraction of sp³-hybridized carbons (Fsp3) is 0.533. The first kappa shape index (κ1) is 21.1. The first-order chi connectivity index (χ1) is 11.2. The van der Waals surface area contributed by atoms with Crippen LogP contribution in [0, 0.1) is 0 Å². The molecule has 1 rings (SSSR count). The molecule has 0 heterocycles. The second-order valence-electron chi connectivity index (χ2n) is 5.71. The number of carbonyl (C=O) groups is 1. The van der Waals surface area contributed by atoms with Crippen molar-refractivity contribution in [2.45, 2.75) is 44.3 Å². The quantitative estimate of drug-likeness (QED) is 0.751. The summed E-state index contributed by atoms with van der Waals surface area (Å²) in [4.78, 5) is 11.7. The minimum Gasteiger partial charge on any atom is -0.484 e. The van der Waals surface area contributed by atoms with Crippen LogP contribution in [-0.4, -0.2) is 35.6 Å². The van der Waals surface area contributed by atoms with E-state index in [4.69, 9.17) is 0 Å². The normalized spacial score (nSPS) is 16.0.